The molecule has 0 unspecified atom stereocenters. The molecule has 0 radical (unpaired) electrons. The van der Waals surface area contributed by atoms with Crippen LogP contribution in [0.2, 0.25) is 0 Å². The topological polar surface area (TPSA) is 73.1 Å². The molecule has 3 N–H and O–H groups in total. The van der Waals surface area contributed by atoms with Crippen LogP contribution < -0.4 is 15.8 Å². The maximum absolute atomic E-state index is 6.12. The van der Waals surface area contributed by atoms with Gasteiger partial charge >= 0.3 is 0 Å². The molecule has 3 rings (SSSR count). The first-order chi connectivity index (χ1) is 11.3. The molecule has 0 saturated heterocycles. The number of hydrogen-bond donors (Lipinski definition) is 2. The summed E-state index contributed by atoms with van der Waals surface area (Å²) in [5.41, 5.74) is 8.09. The Morgan fingerprint density at radius 2 is 2.00 bits per heavy atom. The summed E-state index contributed by atoms with van der Waals surface area (Å²) in [6, 6.07) is 9.48. The number of anilines is 2. The number of nitrogens with one attached hydrogen (secondary N) is 1. The standard InChI is InChI=1S/C18H22N4O/c19-16-17(20-12-11-14-7-3-1-4-8-14)21-13-22-18(16)23-15-9-5-2-6-10-15/h2,5-7,9-10,13H,1,3-4,8,11-12,19H2,(H,20,21,22). The first-order valence-corrected chi connectivity index (χ1v) is 8.08. The number of aromatic nitrogens is 2. The molecule has 0 saturated carbocycles. The summed E-state index contributed by atoms with van der Waals surface area (Å²) < 4.78 is 5.72. The lowest BCUT2D eigenvalue weighted by Crippen LogP contribution is -2.09. The van der Waals surface area contributed by atoms with Crippen LogP contribution >= 0.6 is 0 Å². The van der Waals surface area contributed by atoms with Crippen LogP contribution in [0.4, 0.5) is 11.5 Å². The van der Waals surface area contributed by atoms with Crippen molar-refractivity contribution in [1.29, 1.82) is 0 Å². The van der Waals surface area contributed by atoms with Crippen molar-refractivity contribution >= 4 is 11.5 Å². The molecule has 2 aromatic rings. The second-order valence-corrected chi connectivity index (χ2v) is 5.64. The van der Waals surface area contributed by atoms with E-state index in [2.05, 4.69) is 21.4 Å². The maximum atomic E-state index is 6.12. The van der Waals surface area contributed by atoms with Crippen LogP contribution in [0.25, 0.3) is 0 Å². The highest BCUT2D eigenvalue weighted by atomic mass is 16.5. The first-order valence-electron chi connectivity index (χ1n) is 8.08. The van der Waals surface area contributed by atoms with Crippen LogP contribution in [0, 0.1) is 0 Å². The van der Waals surface area contributed by atoms with E-state index in [-0.39, 0.29) is 0 Å². The summed E-state index contributed by atoms with van der Waals surface area (Å²) in [6.07, 6.45) is 9.89. The average molecular weight is 310 g/mol. The van der Waals surface area contributed by atoms with Crippen molar-refractivity contribution in [3.63, 3.8) is 0 Å². The summed E-state index contributed by atoms with van der Waals surface area (Å²) >= 11 is 0. The highest BCUT2D eigenvalue weighted by molar-refractivity contribution is 5.66. The molecule has 0 amide bonds. The molecule has 5 heteroatoms. The van der Waals surface area contributed by atoms with Crippen molar-refractivity contribution < 1.29 is 4.74 Å². The van der Waals surface area contributed by atoms with Gasteiger partial charge in [0, 0.05) is 6.54 Å². The summed E-state index contributed by atoms with van der Waals surface area (Å²) in [6.45, 7) is 0.817. The Hall–Kier alpha value is -2.56. The van der Waals surface area contributed by atoms with Crippen molar-refractivity contribution in [2.75, 3.05) is 17.6 Å². The van der Waals surface area contributed by atoms with E-state index in [4.69, 9.17) is 10.5 Å². The van der Waals surface area contributed by atoms with E-state index in [9.17, 15) is 0 Å². The molecular weight excluding hydrogens is 288 g/mol. The summed E-state index contributed by atoms with van der Waals surface area (Å²) in [7, 11) is 0. The Labute approximate surface area is 136 Å². The molecule has 0 spiro atoms. The Balaban J connectivity index is 1.61. The van der Waals surface area contributed by atoms with Crippen molar-refractivity contribution in [1.82, 2.24) is 9.97 Å². The molecule has 1 aliphatic rings. The number of nitrogen functional groups attached to an aromatic ring is 1. The van der Waals surface area contributed by atoms with Gasteiger partial charge in [-0.25, -0.2) is 4.98 Å². The van der Waals surface area contributed by atoms with Crippen LogP contribution in [0.15, 0.2) is 48.3 Å². The normalized spacial score (nSPS) is 14.2. The monoisotopic (exact) mass is 310 g/mol. The van der Waals surface area contributed by atoms with Gasteiger partial charge in [-0.2, -0.15) is 4.98 Å². The number of ether oxygens (including phenoxy) is 1. The van der Waals surface area contributed by atoms with Gasteiger partial charge in [-0.1, -0.05) is 29.8 Å². The molecule has 23 heavy (non-hydrogen) atoms. The molecule has 5 nitrogen and oxygen atoms in total. The van der Waals surface area contributed by atoms with Crippen LogP contribution in [-0.2, 0) is 0 Å². The SMILES string of the molecule is Nc1c(NCCC2=CCCCC2)ncnc1Oc1ccccc1. The van der Waals surface area contributed by atoms with E-state index in [1.165, 1.54) is 37.6 Å². The van der Waals surface area contributed by atoms with Gasteiger partial charge in [0.1, 0.15) is 17.8 Å². The summed E-state index contributed by atoms with van der Waals surface area (Å²) in [5.74, 6) is 1.71. The van der Waals surface area contributed by atoms with Gasteiger partial charge in [0.25, 0.3) is 0 Å². The number of nitrogens with zero attached hydrogens (tertiary/aromatic N) is 2. The minimum Gasteiger partial charge on any atom is -0.437 e. The molecule has 1 heterocycles. The van der Waals surface area contributed by atoms with E-state index in [0.717, 1.165) is 13.0 Å². The van der Waals surface area contributed by atoms with E-state index in [1.54, 1.807) is 0 Å². The molecule has 0 fully saturated rings. The molecule has 1 aromatic carbocycles. The third-order valence-electron chi connectivity index (χ3n) is 3.93. The summed E-state index contributed by atoms with van der Waals surface area (Å²) in [5, 5.41) is 3.29. The van der Waals surface area contributed by atoms with Gasteiger partial charge in [0.05, 0.1) is 0 Å². The number of benzene rings is 1. The van der Waals surface area contributed by atoms with Gasteiger partial charge in [0.15, 0.2) is 5.82 Å². The predicted octanol–water partition coefficient (Wildman–Crippen LogP) is 4.15. The molecule has 0 atom stereocenters. The lowest BCUT2D eigenvalue weighted by atomic mass is 9.97. The Bertz CT molecular complexity index is 670. The number of hydrogen-bond acceptors (Lipinski definition) is 5. The molecular formula is C18H22N4O. The third-order valence-corrected chi connectivity index (χ3v) is 3.93. The van der Waals surface area contributed by atoms with Gasteiger partial charge in [-0.05, 0) is 44.2 Å². The van der Waals surface area contributed by atoms with Crippen LogP contribution in [0.3, 0.4) is 0 Å². The van der Waals surface area contributed by atoms with Crippen LogP contribution in [-0.4, -0.2) is 16.5 Å². The smallest absolute Gasteiger partial charge is 0.248 e. The minimum absolute atomic E-state index is 0.380. The van der Waals surface area contributed by atoms with Crippen LogP contribution in [0.1, 0.15) is 32.1 Å². The van der Waals surface area contributed by atoms with Crippen molar-refractivity contribution in [2.24, 2.45) is 0 Å². The zero-order valence-corrected chi connectivity index (χ0v) is 13.2. The average Bonchev–Trinajstić information content (AvgIpc) is 2.60. The Morgan fingerprint density at radius 1 is 1.13 bits per heavy atom. The van der Waals surface area contributed by atoms with Gasteiger partial charge < -0.3 is 15.8 Å². The highest BCUT2D eigenvalue weighted by Crippen LogP contribution is 2.29. The highest BCUT2D eigenvalue weighted by Gasteiger charge is 2.10. The van der Waals surface area contributed by atoms with E-state index in [1.807, 2.05) is 30.3 Å². The Kier molecular flexibility index (Phi) is 5.09. The number of para-hydroxylation sites is 1. The summed E-state index contributed by atoms with van der Waals surface area (Å²) in [4.78, 5) is 8.34. The molecule has 0 bridgehead atoms. The van der Waals surface area contributed by atoms with Gasteiger partial charge in [0.2, 0.25) is 5.88 Å². The van der Waals surface area contributed by atoms with E-state index < -0.39 is 0 Å². The number of rotatable bonds is 6. The van der Waals surface area contributed by atoms with Crippen LogP contribution in [0.5, 0.6) is 11.6 Å². The lowest BCUT2D eigenvalue weighted by molar-refractivity contribution is 0.464. The van der Waals surface area contributed by atoms with Crippen molar-refractivity contribution in [3.05, 3.63) is 48.3 Å². The first kappa shape index (κ1) is 15.3. The predicted molar refractivity (Wildman–Crippen MR) is 92.6 cm³/mol. The van der Waals surface area contributed by atoms with Gasteiger partial charge in [-0.3, -0.25) is 0 Å². The zero-order valence-electron chi connectivity index (χ0n) is 13.2. The second kappa shape index (κ2) is 7.63. The largest absolute Gasteiger partial charge is 0.437 e. The molecule has 1 aromatic heterocycles. The fourth-order valence-corrected chi connectivity index (χ4v) is 2.67. The lowest BCUT2D eigenvalue weighted by Gasteiger charge is -2.14. The second-order valence-electron chi connectivity index (χ2n) is 5.64. The van der Waals surface area contributed by atoms with Gasteiger partial charge in [-0.15, -0.1) is 0 Å². The molecule has 120 valence electrons. The fraction of sp³-hybridized carbons (Fsp3) is 0.333. The van der Waals surface area contributed by atoms with Crippen molar-refractivity contribution in [2.45, 2.75) is 32.1 Å². The molecule has 1 aliphatic carbocycles. The Morgan fingerprint density at radius 3 is 2.78 bits per heavy atom. The fourth-order valence-electron chi connectivity index (χ4n) is 2.67. The number of allylic oxidation sites excluding steroid dienone is 1. The van der Waals surface area contributed by atoms with E-state index >= 15 is 0 Å². The minimum atomic E-state index is 0.380. The van der Waals surface area contributed by atoms with E-state index in [0.29, 0.717) is 23.1 Å². The zero-order chi connectivity index (χ0) is 15.9. The number of nitrogens with two attached hydrogens (primary N) is 1. The third kappa shape index (κ3) is 4.22. The van der Waals surface area contributed by atoms with Crippen molar-refractivity contribution in [3.8, 4) is 11.6 Å². The maximum Gasteiger partial charge on any atom is 0.248 e. The molecule has 0 aliphatic heterocycles. The quantitative estimate of drug-likeness (QED) is 0.784.